The first kappa shape index (κ1) is 23.9. The molecule has 0 fully saturated rings. The summed E-state index contributed by atoms with van der Waals surface area (Å²) in [6.07, 6.45) is 1.56. The molecule has 0 aromatic heterocycles. The standard InChI is InChI=1S/C11H12N4S.2C6H5.ClH.Sn/c1-15(2)10-5-3-9(4-6-10)8-13-14-11(16)7-12;2*1-2-4-6-5-3-1;;/h3-6,8H,1-2H3,(H,14,16);2*1-5H;1H;/q;;;;+2/p-2/b13-8+;;;;. The fourth-order valence-corrected chi connectivity index (χ4v) is 7.82. The van der Waals surface area contributed by atoms with E-state index in [0.717, 1.165) is 11.3 Å². The normalized spacial score (nSPS) is 10.7. The van der Waals surface area contributed by atoms with Crippen molar-refractivity contribution in [2.24, 2.45) is 10.2 Å². The Hall–Kier alpha value is -2.40. The van der Waals surface area contributed by atoms with Crippen LogP contribution in [0.1, 0.15) is 5.56 Å². The predicted octanol–water partition coefficient (Wildman–Crippen LogP) is 3.59. The van der Waals surface area contributed by atoms with E-state index >= 15 is 0 Å². The molecule has 0 N–H and O–H groups in total. The van der Waals surface area contributed by atoms with Crippen LogP contribution in [0.5, 0.6) is 0 Å². The van der Waals surface area contributed by atoms with E-state index in [-0.39, 0.29) is 5.04 Å². The summed E-state index contributed by atoms with van der Waals surface area (Å²) < 4.78 is 2.67. The molecule has 0 heterocycles. The van der Waals surface area contributed by atoms with Gasteiger partial charge in [0.2, 0.25) is 0 Å². The Morgan fingerprint density at radius 1 is 0.933 bits per heavy atom. The van der Waals surface area contributed by atoms with E-state index < -0.39 is 18.6 Å². The number of nitrogens with zero attached hydrogens (tertiary/aromatic N) is 4. The van der Waals surface area contributed by atoms with E-state index in [4.69, 9.17) is 14.2 Å². The van der Waals surface area contributed by atoms with Crippen molar-refractivity contribution >= 4 is 64.3 Å². The molecule has 0 spiro atoms. The van der Waals surface area contributed by atoms with Crippen molar-refractivity contribution in [3.8, 4) is 6.07 Å². The molecule has 4 nitrogen and oxygen atoms in total. The van der Waals surface area contributed by atoms with Crippen LogP contribution in [0.4, 0.5) is 5.69 Å². The van der Waals surface area contributed by atoms with Crippen LogP contribution in [-0.2, 0) is 12.6 Å². The van der Waals surface area contributed by atoms with Crippen molar-refractivity contribution in [2.75, 3.05) is 19.0 Å². The van der Waals surface area contributed by atoms with Gasteiger partial charge in [-0.25, -0.2) is 0 Å². The van der Waals surface area contributed by atoms with Crippen LogP contribution in [0.25, 0.3) is 0 Å². The summed E-state index contributed by atoms with van der Waals surface area (Å²) in [5, 5.41) is 15.5. The van der Waals surface area contributed by atoms with Gasteiger partial charge in [-0.15, -0.1) is 0 Å². The van der Waals surface area contributed by atoms with Gasteiger partial charge in [0.05, 0.1) is 12.3 Å². The van der Waals surface area contributed by atoms with Gasteiger partial charge in [0, 0.05) is 24.8 Å². The number of anilines is 1. The van der Waals surface area contributed by atoms with Crippen LogP contribution < -0.4 is 12.1 Å². The van der Waals surface area contributed by atoms with E-state index in [0.29, 0.717) is 0 Å². The van der Waals surface area contributed by atoms with Crippen molar-refractivity contribution in [1.29, 1.82) is 5.26 Å². The van der Waals surface area contributed by atoms with E-state index in [1.807, 2.05) is 55.4 Å². The molecule has 0 bridgehead atoms. The molecular formula is C23H21ClN4SSn. The quantitative estimate of drug-likeness (QED) is 0.164. The van der Waals surface area contributed by atoms with Crippen molar-refractivity contribution < 1.29 is 0 Å². The molecule has 0 unspecified atom stereocenters. The summed E-state index contributed by atoms with van der Waals surface area (Å²) in [6, 6.07) is 30.3. The van der Waals surface area contributed by atoms with Gasteiger partial charge in [0.1, 0.15) is 0 Å². The Balaban J connectivity index is 0.000000215. The van der Waals surface area contributed by atoms with Crippen molar-refractivity contribution in [1.82, 2.24) is 0 Å². The molecule has 7 heteroatoms. The molecule has 3 aromatic rings. The summed E-state index contributed by atoms with van der Waals surface area (Å²) in [7, 11) is 10.5. The molecule has 0 aliphatic carbocycles. The van der Waals surface area contributed by atoms with Crippen LogP contribution in [0, 0.1) is 11.3 Å². The van der Waals surface area contributed by atoms with E-state index in [9.17, 15) is 0 Å². The van der Waals surface area contributed by atoms with Gasteiger partial charge >= 0.3 is 95.4 Å². The zero-order valence-corrected chi connectivity index (χ0v) is 21.2. The third-order valence-corrected chi connectivity index (χ3v) is 11.8. The van der Waals surface area contributed by atoms with Crippen molar-refractivity contribution in [3.05, 3.63) is 90.5 Å². The van der Waals surface area contributed by atoms with Gasteiger partial charge in [-0.1, -0.05) is 12.1 Å². The van der Waals surface area contributed by atoms with Gasteiger partial charge < -0.3 is 17.5 Å². The summed E-state index contributed by atoms with van der Waals surface area (Å²) >= 11 is 2.55. The average molecular weight is 540 g/mol. The summed E-state index contributed by atoms with van der Waals surface area (Å²) in [5.41, 5.74) is 2.02. The van der Waals surface area contributed by atoms with Crippen LogP contribution >= 0.6 is 8.92 Å². The monoisotopic (exact) mass is 540 g/mol. The Labute approximate surface area is 194 Å². The number of rotatable bonds is 5. The molecule has 0 saturated carbocycles. The first-order valence-corrected chi connectivity index (χ1v) is 16.0. The Morgan fingerprint density at radius 2 is 1.43 bits per heavy atom. The molecular weight excluding hydrogens is 519 g/mol. The van der Waals surface area contributed by atoms with Gasteiger partial charge in [-0.05, 0) is 17.7 Å². The molecule has 0 radical (unpaired) electrons. The summed E-state index contributed by atoms with van der Waals surface area (Å²) in [5.74, 6) is 0. The predicted molar refractivity (Wildman–Crippen MR) is 133 cm³/mol. The average Bonchev–Trinajstić information content (AvgIpc) is 2.80. The maximum atomic E-state index is 8.37. The van der Waals surface area contributed by atoms with Gasteiger partial charge in [0.15, 0.2) is 0 Å². The third-order valence-electron chi connectivity index (χ3n) is 3.91. The summed E-state index contributed by atoms with van der Waals surface area (Å²) in [4.78, 5) is 2.01. The molecule has 30 heavy (non-hydrogen) atoms. The molecule has 0 atom stereocenters. The molecule has 0 saturated heterocycles. The Kier molecular flexibility index (Phi) is 10.4. The van der Waals surface area contributed by atoms with Crippen molar-refractivity contribution in [3.63, 3.8) is 0 Å². The number of nitriles is 1. The van der Waals surface area contributed by atoms with E-state index in [2.05, 4.69) is 71.4 Å². The fourth-order valence-electron chi connectivity index (χ4n) is 2.36. The number of hydrogen-bond acceptors (Lipinski definition) is 5. The van der Waals surface area contributed by atoms with Gasteiger partial charge in [-0.2, -0.15) is 15.5 Å². The van der Waals surface area contributed by atoms with Crippen LogP contribution in [-0.4, -0.2) is 44.0 Å². The van der Waals surface area contributed by atoms with Gasteiger partial charge in [0.25, 0.3) is 0 Å². The molecule has 0 amide bonds. The molecule has 0 aliphatic rings. The topological polar surface area (TPSA) is 51.8 Å². The first-order valence-electron chi connectivity index (χ1n) is 9.10. The fraction of sp³-hybridized carbons (Fsp3) is 0.0870. The minimum absolute atomic E-state index is 0.0684. The molecule has 3 rings (SSSR count). The van der Waals surface area contributed by atoms with Crippen LogP contribution in [0.2, 0.25) is 0 Å². The second-order valence-corrected chi connectivity index (χ2v) is 14.3. The van der Waals surface area contributed by atoms with Crippen LogP contribution in [0.3, 0.4) is 0 Å². The molecule has 0 aliphatic heterocycles. The zero-order valence-electron chi connectivity index (χ0n) is 16.7. The second-order valence-electron chi connectivity index (χ2n) is 6.29. The maximum absolute atomic E-state index is 8.37. The zero-order chi connectivity index (χ0) is 21.8. The third kappa shape index (κ3) is 8.15. The van der Waals surface area contributed by atoms with Gasteiger partial charge in [-0.3, -0.25) is 0 Å². The van der Waals surface area contributed by atoms with Crippen LogP contribution in [0.15, 0.2) is 95.1 Å². The van der Waals surface area contributed by atoms with Crippen molar-refractivity contribution in [2.45, 2.75) is 0 Å². The molecule has 150 valence electrons. The minimum atomic E-state index is -2.03. The first-order chi connectivity index (χ1) is 14.5. The number of hydrogen-bond donors (Lipinski definition) is 0. The Morgan fingerprint density at radius 3 is 1.87 bits per heavy atom. The SMILES string of the molecule is CN(C)c1ccc(/C=N/N=C(/[S-])C#N)cc1.[Cl][Sn+]([c]1ccccc1)[c]1ccccc1. The second kappa shape index (κ2) is 13.0. The number of benzene rings is 3. The molecule has 3 aromatic carbocycles. The summed E-state index contributed by atoms with van der Waals surface area (Å²) in [6.45, 7) is 0. The van der Waals surface area contributed by atoms with E-state index in [1.54, 1.807) is 12.3 Å². The Bertz CT molecular complexity index is 961. The van der Waals surface area contributed by atoms with E-state index in [1.165, 1.54) is 7.16 Å². The number of halogens is 1.